The topological polar surface area (TPSA) is 21.3 Å². The summed E-state index contributed by atoms with van der Waals surface area (Å²) in [7, 11) is 1.66. The predicted octanol–water partition coefficient (Wildman–Crippen LogP) is 5.46. The molecule has 2 nitrogen and oxygen atoms in total. The molecule has 2 aromatic rings. The third-order valence-electron chi connectivity index (χ3n) is 3.20. The Kier molecular flexibility index (Phi) is 5.94. The lowest BCUT2D eigenvalue weighted by Gasteiger charge is -2.21. The monoisotopic (exact) mass is 387 g/mol. The molecule has 0 spiro atoms. The highest BCUT2D eigenvalue weighted by Crippen LogP contribution is 2.34. The minimum absolute atomic E-state index is 0.00856. The predicted molar refractivity (Wildman–Crippen MR) is 92.7 cm³/mol. The molecule has 0 bridgehead atoms. The van der Waals surface area contributed by atoms with Gasteiger partial charge in [-0.05, 0) is 48.0 Å². The fourth-order valence-electron chi connectivity index (χ4n) is 2.17. The van der Waals surface area contributed by atoms with Crippen molar-refractivity contribution >= 4 is 39.1 Å². The lowest BCUT2D eigenvalue weighted by molar-refractivity contribution is 0.413. The maximum absolute atomic E-state index is 6.15. The minimum atomic E-state index is 0.00856. The van der Waals surface area contributed by atoms with Gasteiger partial charge in [-0.1, -0.05) is 52.1 Å². The Bertz CT molecular complexity index is 634. The number of hydrogen-bond donors (Lipinski definition) is 1. The van der Waals surface area contributed by atoms with Crippen molar-refractivity contribution in [2.24, 2.45) is 0 Å². The standard InChI is InChI=1S/C16H16BrCl2NO/c1-3-20-16(10-4-7-14(18)15(19)8-10)12-9-11(21-2)5-6-13(12)17/h4-9,16,20H,3H2,1-2H3. The Hall–Kier alpha value is -0.740. The summed E-state index contributed by atoms with van der Waals surface area (Å²) in [4.78, 5) is 0. The highest BCUT2D eigenvalue weighted by molar-refractivity contribution is 9.10. The summed E-state index contributed by atoms with van der Waals surface area (Å²) in [5.74, 6) is 0.816. The van der Waals surface area contributed by atoms with Crippen LogP contribution in [0.3, 0.4) is 0 Å². The van der Waals surface area contributed by atoms with E-state index < -0.39 is 0 Å². The summed E-state index contributed by atoms with van der Waals surface area (Å²) < 4.78 is 6.34. The molecule has 0 aliphatic rings. The molecular formula is C16H16BrCl2NO. The van der Waals surface area contributed by atoms with Crippen LogP contribution in [0.25, 0.3) is 0 Å². The highest BCUT2D eigenvalue weighted by atomic mass is 79.9. The number of benzene rings is 2. The van der Waals surface area contributed by atoms with Gasteiger partial charge in [-0.25, -0.2) is 0 Å². The number of hydrogen-bond acceptors (Lipinski definition) is 2. The Morgan fingerprint density at radius 3 is 2.52 bits per heavy atom. The number of rotatable bonds is 5. The SMILES string of the molecule is CCNC(c1ccc(Cl)c(Cl)c1)c1cc(OC)ccc1Br. The average Bonchev–Trinajstić information content (AvgIpc) is 2.49. The molecule has 21 heavy (non-hydrogen) atoms. The van der Waals surface area contributed by atoms with Crippen LogP contribution >= 0.6 is 39.1 Å². The van der Waals surface area contributed by atoms with Crippen LogP contribution in [0.15, 0.2) is 40.9 Å². The third kappa shape index (κ3) is 3.92. The van der Waals surface area contributed by atoms with Crippen molar-refractivity contribution in [2.45, 2.75) is 13.0 Å². The summed E-state index contributed by atoms with van der Waals surface area (Å²) in [5.41, 5.74) is 2.15. The van der Waals surface area contributed by atoms with Crippen molar-refractivity contribution in [3.05, 3.63) is 62.0 Å². The fraction of sp³-hybridized carbons (Fsp3) is 0.250. The molecule has 0 heterocycles. The van der Waals surface area contributed by atoms with E-state index in [1.807, 2.05) is 36.4 Å². The van der Waals surface area contributed by atoms with Crippen LogP contribution in [-0.2, 0) is 0 Å². The zero-order valence-electron chi connectivity index (χ0n) is 11.8. The molecule has 5 heteroatoms. The molecule has 0 saturated heterocycles. The van der Waals surface area contributed by atoms with Crippen LogP contribution in [0.5, 0.6) is 5.75 Å². The summed E-state index contributed by atoms with van der Waals surface area (Å²) >= 11 is 15.8. The molecule has 0 radical (unpaired) electrons. The van der Waals surface area contributed by atoms with E-state index in [2.05, 4.69) is 28.2 Å². The maximum Gasteiger partial charge on any atom is 0.119 e. The molecule has 0 aromatic heterocycles. The van der Waals surface area contributed by atoms with Gasteiger partial charge in [0, 0.05) is 4.47 Å². The molecule has 0 aliphatic heterocycles. The van der Waals surface area contributed by atoms with Crippen molar-refractivity contribution in [1.29, 1.82) is 0 Å². The first-order valence-corrected chi connectivity index (χ1v) is 8.13. The van der Waals surface area contributed by atoms with Gasteiger partial charge in [-0.2, -0.15) is 0 Å². The Labute approximate surface area is 143 Å². The summed E-state index contributed by atoms with van der Waals surface area (Å²) in [6.45, 7) is 2.90. The Morgan fingerprint density at radius 1 is 1.14 bits per heavy atom. The zero-order valence-corrected chi connectivity index (χ0v) is 14.9. The van der Waals surface area contributed by atoms with Gasteiger partial charge >= 0.3 is 0 Å². The zero-order chi connectivity index (χ0) is 15.4. The lowest BCUT2D eigenvalue weighted by Crippen LogP contribution is -2.22. The third-order valence-corrected chi connectivity index (χ3v) is 4.66. The highest BCUT2D eigenvalue weighted by Gasteiger charge is 2.17. The van der Waals surface area contributed by atoms with Crippen molar-refractivity contribution in [2.75, 3.05) is 13.7 Å². The minimum Gasteiger partial charge on any atom is -0.497 e. The molecule has 1 unspecified atom stereocenters. The first kappa shape index (κ1) is 16.6. The van der Waals surface area contributed by atoms with Gasteiger partial charge in [0.25, 0.3) is 0 Å². The van der Waals surface area contributed by atoms with Crippen molar-refractivity contribution < 1.29 is 4.74 Å². The second-order valence-corrected chi connectivity index (χ2v) is 6.22. The van der Waals surface area contributed by atoms with Crippen molar-refractivity contribution in [3.8, 4) is 5.75 Å². The van der Waals surface area contributed by atoms with Gasteiger partial charge < -0.3 is 10.1 Å². The van der Waals surface area contributed by atoms with Crippen molar-refractivity contribution in [3.63, 3.8) is 0 Å². The molecule has 112 valence electrons. The molecule has 2 rings (SSSR count). The number of nitrogens with one attached hydrogen (secondary N) is 1. The fourth-order valence-corrected chi connectivity index (χ4v) is 2.96. The van der Waals surface area contributed by atoms with E-state index in [-0.39, 0.29) is 6.04 Å². The molecule has 2 aromatic carbocycles. The Morgan fingerprint density at radius 2 is 1.90 bits per heavy atom. The largest absolute Gasteiger partial charge is 0.497 e. The lowest BCUT2D eigenvalue weighted by atomic mass is 9.98. The van der Waals surface area contributed by atoms with Crippen LogP contribution in [0.2, 0.25) is 10.0 Å². The van der Waals surface area contributed by atoms with E-state index in [1.54, 1.807) is 7.11 Å². The van der Waals surface area contributed by atoms with Gasteiger partial charge in [0.15, 0.2) is 0 Å². The second kappa shape index (κ2) is 7.50. The van der Waals surface area contributed by atoms with Gasteiger partial charge in [0.2, 0.25) is 0 Å². The van der Waals surface area contributed by atoms with E-state index in [0.29, 0.717) is 10.0 Å². The van der Waals surface area contributed by atoms with Crippen LogP contribution < -0.4 is 10.1 Å². The quantitative estimate of drug-likeness (QED) is 0.733. The van der Waals surface area contributed by atoms with Crippen LogP contribution in [0, 0.1) is 0 Å². The normalized spacial score (nSPS) is 12.2. The second-order valence-electron chi connectivity index (χ2n) is 4.55. The van der Waals surface area contributed by atoms with Crippen LogP contribution in [-0.4, -0.2) is 13.7 Å². The van der Waals surface area contributed by atoms with E-state index in [4.69, 9.17) is 27.9 Å². The van der Waals surface area contributed by atoms with Gasteiger partial charge in [0.1, 0.15) is 5.75 Å². The number of ether oxygens (including phenoxy) is 1. The van der Waals surface area contributed by atoms with Gasteiger partial charge in [-0.3, -0.25) is 0 Å². The molecule has 0 saturated carbocycles. The first-order chi connectivity index (χ1) is 10.1. The van der Waals surface area contributed by atoms with Gasteiger partial charge in [0.05, 0.1) is 23.2 Å². The van der Waals surface area contributed by atoms with E-state index in [0.717, 1.165) is 27.9 Å². The summed E-state index contributed by atoms with van der Waals surface area (Å²) in [6, 6.07) is 11.6. The first-order valence-electron chi connectivity index (χ1n) is 6.58. The molecule has 0 fully saturated rings. The molecule has 1 N–H and O–H groups in total. The average molecular weight is 389 g/mol. The molecule has 0 aliphatic carbocycles. The molecule has 1 atom stereocenters. The van der Waals surface area contributed by atoms with Gasteiger partial charge in [-0.15, -0.1) is 0 Å². The van der Waals surface area contributed by atoms with E-state index in [1.165, 1.54) is 0 Å². The summed E-state index contributed by atoms with van der Waals surface area (Å²) in [5, 5.41) is 4.57. The van der Waals surface area contributed by atoms with Crippen LogP contribution in [0.1, 0.15) is 24.1 Å². The van der Waals surface area contributed by atoms with Crippen molar-refractivity contribution in [1.82, 2.24) is 5.32 Å². The summed E-state index contributed by atoms with van der Waals surface area (Å²) in [6.07, 6.45) is 0. The molecular weight excluding hydrogens is 373 g/mol. The number of methoxy groups -OCH3 is 1. The van der Waals surface area contributed by atoms with Crippen LogP contribution in [0.4, 0.5) is 0 Å². The smallest absolute Gasteiger partial charge is 0.119 e. The van der Waals surface area contributed by atoms with E-state index >= 15 is 0 Å². The van der Waals surface area contributed by atoms with E-state index in [9.17, 15) is 0 Å². The molecule has 0 amide bonds. The number of halogens is 3. The Balaban J connectivity index is 2.49. The maximum atomic E-state index is 6.15.